The molecule has 1 aliphatic rings. The quantitative estimate of drug-likeness (QED) is 0.846. The van der Waals surface area contributed by atoms with Gasteiger partial charge in [0.1, 0.15) is 11.9 Å². The van der Waals surface area contributed by atoms with Gasteiger partial charge in [-0.3, -0.25) is 0 Å². The van der Waals surface area contributed by atoms with Gasteiger partial charge in [-0.1, -0.05) is 0 Å². The molecule has 2 heterocycles. The molecule has 0 aliphatic carbocycles. The average molecular weight is 349 g/mol. The average Bonchev–Trinajstić information content (AvgIpc) is 2.71. The first-order chi connectivity index (χ1) is 8.11. The number of hydrogen-bond acceptors (Lipinski definition) is 5. The second-order valence-electron chi connectivity index (χ2n) is 4.17. The third-order valence-electron chi connectivity index (χ3n) is 2.76. The number of methoxy groups -OCH3 is 1. The van der Waals surface area contributed by atoms with Gasteiger partial charge in [0.25, 0.3) is 0 Å². The molecule has 0 saturated carbocycles. The van der Waals surface area contributed by atoms with Crippen molar-refractivity contribution in [2.24, 2.45) is 0 Å². The van der Waals surface area contributed by atoms with E-state index in [4.69, 9.17) is 15.2 Å². The summed E-state index contributed by atoms with van der Waals surface area (Å²) in [6.07, 6.45) is 2.24. The van der Waals surface area contributed by atoms with Crippen molar-refractivity contribution in [1.29, 1.82) is 0 Å². The van der Waals surface area contributed by atoms with Crippen molar-refractivity contribution < 1.29 is 9.47 Å². The summed E-state index contributed by atoms with van der Waals surface area (Å²) in [7, 11) is 1.64. The normalized spacial score (nSPS) is 24.2. The summed E-state index contributed by atoms with van der Waals surface area (Å²) in [5.74, 6) is 1.19. The van der Waals surface area contributed by atoms with Crippen molar-refractivity contribution in [1.82, 2.24) is 9.97 Å². The van der Waals surface area contributed by atoms with Gasteiger partial charge in [-0.2, -0.15) is 0 Å². The smallest absolute Gasteiger partial charge is 0.159 e. The summed E-state index contributed by atoms with van der Waals surface area (Å²) in [5.41, 5.74) is 6.72. The van der Waals surface area contributed by atoms with Gasteiger partial charge < -0.3 is 15.2 Å². The Hall–Kier alpha value is -0.470. The molecule has 94 valence electrons. The highest BCUT2D eigenvalue weighted by molar-refractivity contribution is 14.1. The van der Waals surface area contributed by atoms with Crippen LogP contribution >= 0.6 is 22.6 Å². The first kappa shape index (κ1) is 13.0. The van der Waals surface area contributed by atoms with E-state index in [1.165, 1.54) is 0 Å². The first-order valence-electron chi connectivity index (χ1n) is 5.58. The van der Waals surface area contributed by atoms with Crippen LogP contribution in [0.5, 0.6) is 0 Å². The number of halogens is 1. The lowest BCUT2D eigenvalue weighted by atomic mass is 10.2. The lowest BCUT2D eigenvalue weighted by Gasteiger charge is -2.13. The number of anilines is 1. The number of aromatic nitrogens is 2. The molecule has 1 aromatic heterocycles. The van der Waals surface area contributed by atoms with E-state index in [0.717, 1.165) is 22.1 Å². The van der Waals surface area contributed by atoms with Gasteiger partial charge in [0.15, 0.2) is 5.82 Å². The van der Waals surface area contributed by atoms with Gasteiger partial charge >= 0.3 is 0 Å². The largest absolute Gasteiger partial charge is 0.383 e. The molecule has 1 fully saturated rings. The highest BCUT2D eigenvalue weighted by Crippen LogP contribution is 2.31. The Bertz CT molecular complexity index is 414. The van der Waals surface area contributed by atoms with Crippen molar-refractivity contribution in [2.75, 3.05) is 12.8 Å². The molecule has 2 unspecified atom stereocenters. The van der Waals surface area contributed by atoms with Crippen molar-refractivity contribution in [3.8, 4) is 0 Å². The van der Waals surface area contributed by atoms with E-state index in [0.29, 0.717) is 18.2 Å². The van der Waals surface area contributed by atoms with Crippen LogP contribution in [0.15, 0.2) is 0 Å². The number of hydrogen-bond donors (Lipinski definition) is 1. The summed E-state index contributed by atoms with van der Waals surface area (Å²) in [6.45, 7) is 2.51. The van der Waals surface area contributed by atoms with E-state index in [9.17, 15) is 0 Å². The predicted octanol–water partition coefficient (Wildman–Crippen LogP) is 2.05. The number of nitrogens with zero attached hydrogens (tertiary/aromatic N) is 2. The van der Waals surface area contributed by atoms with E-state index in [2.05, 4.69) is 39.5 Å². The summed E-state index contributed by atoms with van der Waals surface area (Å²) < 4.78 is 11.7. The topological polar surface area (TPSA) is 70.3 Å². The van der Waals surface area contributed by atoms with Crippen molar-refractivity contribution in [3.05, 3.63) is 15.1 Å². The maximum Gasteiger partial charge on any atom is 0.159 e. The zero-order valence-electron chi connectivity index (χ0n) is 9.94. The molecule has 1 aromatic rings. The SMILES string of the molecule is COCc1nc(C2CCC(C)O2)nc(N)c1I. The fourth-order valence-corrected chi connectivity index (χ4v) is 2.30. The van der Waals surface area contributed by atoms with Crippen LogP contribution in [0, 0.1) is 3.57 Å². The molecular weight excluding hydrogens is 333 g/mol. The Morgan fingerprint density at radius 2 is 2.24 bits per heavy atom. The Morgan fingerprint density at radius 3 is 2.82 bits per heavy atom. The number of rotatable bonds is 3. The summed E-state index contributed by atoms with van der Waals surface area (Å²) in [5, 5.41) is 0. The van der Waals surface area contributed by atoms with Crippen LogP contribution in [0.4, 0.5) is 5.82 Å². The Balaban J connectivity index is 2.28. The van der Waals surface area contributed by atoms with E-state index in [1.807, 2.05) is 0 Å². The van der Waals surface area contributed by atoms with E-state index >= 15 is 0 Å². The molecular formula is C11H16IN3O2. The zero-order chi connectivity index (χ0) is 12.4. The molecule has 6 heteroatoms. The third kappa shape index (κ3) is 2.86. The Morgan fingerprint density at radius 1 is 1.47 bits per heavy atom. The lowest BCUT2D eigenvalue weighted by molar-refractivity contribution is 0.0499. The minimum atomic E-state index is -0.0279. The van der Waals surface area contributed by atoms with Gasteiger partial charge in [-0.15, -0.1) is 0 Å². The van der Waals surface area contributed by atoms with Crippen LogP contribution in [-0.2, 0) is 16.1 Å². The molecule has 0 bridgehead atoms. The molecule has 1 aliphatic heterocycles. The maximum atomic E-state index is 5.88. The maximum absolute atomic E-state index is 5.88. The summed E-state index contributed by atoms with van der Waals surface area (Å²) in [4.78, 5) is 8.80. The van der Waals surface area contributed by atoms with Gasteiger partial charge in [-0.05, 0) is 42.4 Å². The van der Waals surface area contributed by atoms with Gasteiger partial charge in [-0.25, -0.2) is 9.97 Å². The molecule has 1 saturated heterocycles. The third-order valence-corrected chi connectivity index (χ3v) is 3.94. The van der Waals surface area contributed by atoms with E-state index in [-0.39, 0.29) is 12.2 Å². The van der Waals surface area contributed by atoms with Crippen LogP contribution in [0.25, 0.3) is 0 Å². The lowest BCUT2D eigenvalue weighted by Crippen LogP contribution is -2.12. The van der Waals surface area contributed by atoms with Crippen LogP contribution in [0.2, 0.25) is 0 Å². The molecule has 17 heavy (non-hydrogen) atoms. The van der Waals surface area contributed by atoms with Crippen molar-refractivity contribution in [3.63, 3.8) is 0 Å². The van der Waals surface area contributed by atoms with E-state index in [1.54, 1.807) is 7.11 Å². The Kier molecular flexibility index (Phi) is 4.16. The molecule has 0 radical (unpaired) electrons. The number of nitrogens with two attached hydrogens (primary N) is 1. The zero-order valence-corrected chi connectivity index (χ0v) is 12.1. The molecule has 5 nitrogen and oxygen atoms in total. The second-order valence-corrected chi connectivity index (χ2v) is 5.25. The fraction of sp³-hybridized carbons (Fsp3) is 0.636. The molecule has 2 rings (SSSR count). The minimum absolute atomic E-state index is 0.0279. The first-order valence-corrected chi connectivity index (χ1v) is 6.66. The second kappa shape index (κ2) is 5.45. The van der Waals surface area contributed by atoms with E-state index < -0.39 is 0 Å². The summed E-state index contributed by atoms with van der Waals surface area (Å²) >= 11 is 2.14. The highest BCUT2D eigenvalue weighted by atomic mass is 127. The molecule has 2 N–H and O–H groups in total. The standard InChI is InChI=1S/C11H16IN3O2/c1-6-3-4-8(17-6)11-14-7(5-16-2)9(12)10(13)15-11/h6,8H,3-5H2,1-2H3,(H2,13,14,15). The fourth-order valence-electron chi connectivity index (χ4n) is 1.90. The molecule has 0 spiro atoms. The summed E-state index contributed by atoms with van der Waals surface area (Å²) in [6, 6.07) is 0. The van der Waals surface area contributed by atoms with Gasteiger partial charge in [0, 0.05) is 7.11 Å². The van der Waals surface area contributed by atoms with Crippen LogP contribution in [-0.4, -0.2) is 23.2 Å². The predicted molar refractivity (Wildman–Crippen MR) is 72.4 cm³/mol. The molecule has 0 aromatic carbocycles. The van der Waals surface area contributed by atoms with Crippen molar-refractivity contribution in [2.45, 2.75) is 38.6 Å². The minimum Gasteiger partial charge on any atom is -0.383 e. The number of ether oxygens (including phenoxy) is 2. The van der Waals surface area contributed by atoms with Crippen LogP contribution in [0.1, 0.15) is 37.4 Å². The highest BCUT2D eigenvalue weighted by Gasteiger charge is 2.26. The van der Waals surface area contributed by atoms with Crippen LogP contribution < -0.4 is 5.73 Å². The molecule has 0 amide bonds. The van der Waals surface area contributed by atoms with Crippen molar-refractivity contribution >= 4 is 28.4 Å². The monoisotopic (exact) mass is 349 g/mol. The van der Waals surface area contributed by atoms with Crippen LogP contribution in [0.3, 0.4) is 0 Å². The molecule has 2 atom stereocenters. The van der Waals surface area contributed by atoms with Gasteiger partial charge in [0.05, 0.1) is 22.0 Å². The Labute approximate surface area is 114 Å². The van der Waals surface area contributed by atoms with Gasteiger partial charge in [0.2, 0.25) is 0 Å². The number of nitrogen functional groups attached to an aromatic ring is 1.